The molecule has 1 aromatic carbocycles. The Morgan fingerprint density at radius 2 is 1.94 bits per heavy atom. The number of hydrogen-bond acceptors (Lipinski definition) is 3. The molecule has 0 fully saturated rings. The molecule has 0 aromatic heterocycles. The first kappa shape index (κ1) is 15.2. The summed E-state index contributed by atoms with van der Waals surface area (Å²) in [5.74, 6) is 2.32. The van der Waals surface area contributed by atoms with Gasteiger partial charge in [-0.1, -0.05) is 19.1 Å². The molecule has 0 radical (unpaired) electrons. The fourth-order valence-corrected chi connectivity index (χ4v) is 3.16. The Morgan fingerprint density at radius 1 is 1.28 bits per heavy atom. The third-order valence-electron chi connectivity index (χ3n) is 2.73. The van der Waals surface area contributed by atoms with Crippen LogP contribution in [0.25, 0.3) is 0 Å². The largest absolute Gasteiger partial charge is 0.494 e. The topological polar surface area (TPSA) is 38.3 Å². The third kappa shape index (κ3) is 4.78. The lowest BCUT2D eigenvalue weighted by atomic mass is 10.1. The first-order chi connectivity index (χ1) is 8.71. The maximum Gasteiger partial charge on any atom is 0.119 e. The molecule has 2 unspecified atom stereocenters. The van der Waals surface area contributed by atoms with E-state index in [1.54, 1.807) is 0 Å². The second-order valence-corrected chi connectivity index (χ2v) is 5.78. The van der Waals surface area contributed by atoms with E-state index < -0.39 is 10.8 Å². The van der Waals surface area contributed by atoms with E-state index in [1.165, 1.54) is 0 Å². The van der Waals surface area contributed by atoms with Gasteiger partial charge in [0.15, 0.2) is 0 Å². The van der Waals surface area contributed by atoms with Gasteiger partial charge >= 0.3 is 0 Å². The highest BCUT2D eigenvalue weighted by Gasteiger charge is 2.12. The molecule has 0 spiro atoms. The summed E-state index contributed by atoms with van der Waals surface area (Å²) in [7, 11) is 1.15. The summed E-state index contributed by atoms with van der Waals surface area (Å²) in [6.45, 7) is 4.71. The van der Waals surface area contributed by atoms with Crippen LogP contribution in [-0.4, -0.2) is 29.4 Å². The van der Waals surface area contributed by atoms with Gasteiger partial charge in [0.25, 0.3) is 0 Å². The van der Waals surface area contributed by atoms with Crippen LogP contribution in [0.3, 0.4) is 0 Å². The number of benzene rings is 1. The smallest absolute Gasteiger partial charge is 0.119 e. The number of rotatable bonds is 8. The minimum absolute atomic E-state index is 0.146. The Balaban J connectivity index is 2.66. The third-order valence-corrected chi connectivity index (χ3v) is 4.29. The van der Waals surface area contributed by atoms with Crippen LogP contribution in [0.4, 0.5) is 0 Å². The molecule has 1 aromatic rings. The molecule has 0 aliphatic heterocycles. The number of hydrogen-bond donors (Lipinski definition) is 1. The Hall–Kier alpha value is -0.870. The highest BCUT2D eigenvalue weighted by molar-refractivity contribution is 7.85. The van der Waals surface area contributed by atoms with E-state index in [1.807, 2.05) is 38.2 Å². The van der Waals surface area contributed by atoms with Crippen LogP contribution in [0, 0.1) is 0 Å². The Bertz CT molecular complexity index is 365. The van der Waals surface area contributed by atoms with Crippen molar-refractivity contribution in [3.63, 3.8) is 0 Å². The average molecular weight is 269 g/mol. The Labute approximate surface area is 112 Å². The SMILES string of the molecule is CCCS(=O)CC(NC)c1ccc(OCC)cc1. The van der Waals surface area contributed by atoms with E-state index in [9.17, 15) is 4.21 Å². The Kier molecular flexibility index (Phi) is 6.98. The molecule has 2 atom stereocenters. The van der Waals surface area contributed by atoms with Gasteiger partial charge in [0.05, 0.1) is 6.61 Å². The zero-order chi connectivity index (χ0) is 13.4. The second kappa shape index (κ2) is 8.27. The minimum Gasteiger partial charge on any atom is -0.494 e. The van der Waals surface area contributed by atoms with Gasteiger partial charge in [0, 0.05) is 28.3 Å². The van der Waals surface area contributed by atoms with E-state index in [2.05, 4.69) is 12.2 Å². The summed E-state index contributed by atoms with van der Waals surface area (Å²) in [5, 5.41) is 3.23. The van der Waals surface area contributed by atoms with E-state index in [0.29, 0.717) is 12.4 Å². The van der Waals surface area contributed by atoms with Crippen molar-refractivity contribution < 1.29 is 8.95 Å². The molecule has 0 aliphatic rings. The van der Waals surface area contributed by atoms with Crippen LogP contribution < -0.4 is 10.1 Å². The van der Waals surface area contributed by atoms with Crippen molar-refractivity contribution in [2.24, 2.45) is 0 Å². The van der Waals surface area contributed by atoms with Crippen molar-refractivity contribution in [2.45, 2.75) is 26.3 Å². The van der Waals surface area contributed by atoms with Crippen molar-refractivity contribution >= 4 is 10.8 Å². The van der Waals surface area contributed by atoms with Crippen molar-refractivity contribution in [1.82, 2.24) is 5.32 Å². The van der Waals surface area contributed by atoms with Crippen molar-refractivity contribution in [3.05, 3.63) is 29.8 Å². The minimum atomic E-state index is -0.753. The molecular weight excluding hydrogens is 246 g/mol. The maximum atomic E-state index is 11.8. The molecule has 102 valence electrons. The molecule has 1 rings (SSSR count). The fraction of sp³-hybridized carbons (Fsp3) is 0.571. The molecular formula is C14H23NO2S. The first-order valence-electron chi connectivity index (χ1n) is 6.46. The van der Waals surface area contributed by atoms with Crippen LogP contribution in [0.1, 0.15) is 31.9 Å². The Morgan fingerprint density at radius 3 is 2.44 bits per heavy atom. The van der Waals surface area contributed by atoms with Gasteiger partial charge in [-0.05, 0) is 38.1 Å². The van der Waals surface area contributed by atoms with E-state index in [0.717, 1.165) is 23.5 Å². The molecule has 18 heavy (non-hydrogen) atoms. The van der Waals surface area contributed by atoms with Crippen LogP contribution in [-0.2, 0) is 10.8 Å². The molecule has 0 bridgehead atoms. The van der Waals surface area contributed by atoms with Crippen molar-refractivity contribution in [1.29, 1.82) is 0 Å². The lowest BCUT2D eigenvalue weighted by molar-refractivity contribution is 0.340. The molecule has 0 saturated carbocycles. The normalized spacial score (nSPS) is 14.2. The fourth-order valence-electron chi connectivity index (χ4n) is 1.81. The van der Waals surface area contributed by atoms with Gasteiger partial charge < -0.3 is 10.1 Å². The molecule has 4 heteroatoms. The summed E-state index contributed by atoms with van der Waals surface area (Å²) in [5.41, 5.74) is 1.16. The molecule has 0 aliphatic carbocycles. The lowest BCUT2D eigenvalue weighted by Gasteiger charge is -2.16. The van der Waals surface area contributed by atoms with Gasteiger partial charge in [-0.2, -0.15) is 0 Å². The highest BCUT2D eigenvalue weighted by atomic mass is 32.2. The summed E-state index contributed by atoms with van der Waals surface area (Å²) in [6, 6.07) is 8.15. The molecule has 0 heterocycles. The summed E-state index contributed by atoms with van der Waals surface area (Å²) >= 11 is 0. The molecule has 0 amide bonds. The highest BCUT2D eigenvalue weighted by Crippen LogP contribution is 2.18. The zero-order valence-corrected chi connectivity index (χ0v) is 12.3. The summed E-state index contributed by atoms with van der Waals surface area (Å²) in [6.07, 6.45) is 0.965. The molecule has 3 nitrogen and oxygen atoms in total. The van der Waals surface area contributed by atoms with E-state index in [4.69, 9.17) is 4.74 Å². The van der Waals surface area contributed by atoms with Gasteiger partial charge in [-0.3, -0.25) is 4.21 Å². The van der Waals surface area contributed by atoms with Gasteiger partial charge in [-0.15, -0.1) is 0 Å². The first-order valence-corrected chi connectivity index (χ1v) is 7.95. The predicted molar refractivity (Wildman–Crippen MR) is 77.6 cm³/mol. The predicted octanol–water partition coefficient (Wildman–Crippen LogP) is 2.50. The van der Waals surface area contributed by atoms with Crippen LogP contribution in [0.2, 0.25) is 0 Å². The average Bonchev–Trinajstić information content (AvgIpc) is 2.38. The van der Waals surface area contributed by atoms with Crippen molar-refractivity contribution in [2.75, 3.05) is 25.2 Å². The van der Waals surface area contributed by atoms with Crippen molar-refractivity contribution in [3.8, 4) is 5.75 Å². The quantitative estimate of drug-likeness (QED) is 0.788. The van der Waals surface area contributed by atoms with Gasteiger partial charge in [0.1, 0.15) is 5.75 Å². The van der Waals surface area contributed by atoms with E-state index in [-0.39, 0.29) is 6.04 Å². The number of nitrogens with one attached hydrogen (secondary N) is 1. The van der Waals surface area contributed by atoms with E-state index >= 15 is 0 Å². The standard InChI is InChI=1S/C14H23NO2S/c1-4-10-18(16)11-14(15-3)12-6-8-13(9-7-12)17-5-2/h6-9,14-15H,4-5,10-11H2,1-3H3. The lowest BCUT2D eigenvalue weighted by Crippen LogP contribution is -2.23. The van der Waals surface area contributed by atoms with Crippen LogP contribution >= 0.6 is 0 Å². The summed E-state index contributed by atoms with van der Waals surface area (Å²) in [4.78, 5) is 0. The van der Waals surface area contributed by atoms with Gasteiger partial charge in [-0.25, -0.2) is 0 Å². The second-order valence-electron chi connectivity index (χ2n) is 4.15. The molecule has 0 saturated heterocycles. The molecule has 1 N–H and O–H groups in total. The van der Waals surface area contributed by atoms with Crippen LogP contribution in [0.15, 0.2) is 24.3 Å². The zero-order valence-electron chi connectivity index (χ0n) is 11.4. The van der Waals surface area contributed by atoms with Gasteiger partial charge in [0.2, 0.25) is 0 Å². The number of ether oxygens (including phenoxy) is 1. The maximum absolute atomic E-state index is 11.8. The summed E-state index contributed by atoms with van der Waals surface area (Å²) < 4.78 is 17.2. The monoisotopic (exact) mass is 269 g/mol. The van der Waals surface area contributed by atoms with Crippen LogP contribution in [0.5, 0.6) is 5.75 Å².